The second kappa shape index (κ2) is 4.61. The number of carboxylic acids is 1. The second-order valence-electron chi connectivity index (χ2n) is 3.61. The largest absolute Gasteiger partial charge is 0.508 e. The second-order valence-corrected chi connectivity index (χ2v) is 3.61. The number of carbonyl (C=O) groups is 1. The summed E-state index contributed by atoms with van der Waals surface area (Å²) in [5.41, 5.74) is 1.71. The third-order valence-corrected chi connectivity index (χ3v) is 2.31. The van der Waals surface area contributed by atoms with Crippen molar-refractivity contribution >= 4 is 11.7 Å². The number of carboxylic acid groups (broad SMARTS) is 1. The summed E-state index contributed by atoms with van der Waals surface area (Å²) >= 11 is 0. The fraction of sp³-hybridized carbons (Fsp3) is 0.0833. The number of H-pyrrole nitrogens is 1. The minimum absolute atomic E-state index is 0.165. The van der Waals surface area contributed by atoms with Crippen LogP contribution in [0.4, 0.5) is 5.69 Å². The van der Waals surface area contributed by atoms with Gasteiger partial charge in [0.2, 0.25) is 0 Å². The van der Waals surface area contributed by atoms with Crippen molar-refractivity contribution in [3.63, 3.8) is 0 Å². The first-order valence-corrected chi connectivity index (χ1v) is 5.09. The van der Waals surface area contributed by atoms with Crippen LogP contribution in [0.3, 0.4) is 0 Å². The zero-order chi connectivity index (χ0) is 12.3. The Morgan fingerprint density at radius 2 is 2.12 bits per heavy atom. The zero-order valence-electron chi connectivity index (χ0n) is 8.97. The smallest absolute Gasteiger partial charge is 0.352 e. The van der Waals surface area contributed by atoms with Gasteiger partial charge in [0.25, 0.3) is 0 Å². The molecule has 0 bridgehead atoms. The standard InChI is InChI=1S/C12H12N2O3/c15-10-3-1-2-8(6-10)13-7-9-4-5-11(14-9)12(16)17/h1-6,13-15H,7H2,(H,16,17). The lowest BCUT2D eigenvalue weighted by Crippen LogP contribution is -2.01. The van der Waals surface area contributed by atoms with E-state index in [2.05, 4.69) is 10.3 Å². The van der Waals surface area contributed by atoms with E-state index in [4.69, 9.17) is 5.11 Å². The monoisotopic (exact) mass is 232 g/mol. The molecule has 2 aromatic rings. The molecule has 0 amide bonds. The van der Waals surface area contributed by atoms with E-state index < -0.39 is 5.97 Å². The van der Waals surface area contributed by atoms with E-state index in [9.17, 15) is 9.90 Å². The van der Waals surface area contributed by atoms with E-state index in [1.807, 2.05) is 6.07 Å². The number of aromatic nitrogens is 1. The summed E-state index contributed by atoms with van der Waals surface area (Å²) in [7, 11) is 0. The maximum Gasteiger partial charge on any atom is 0.352 e. The molecule has 88 valence electrons. The lowest BCUT2D eigenvalue weighted by atomic mass is 10.3. The lowest BCUT2D eigenvalue weighted by Gasteiger charge is -2.05. The van der Waals surface area contributed by atoms with Gasteiger partial charge in [-0.1, -0.05) is 6.07 Å². The molecule has 0 saturated heterocycles. The molecule has 0 fully saturated rings. The van der Waals surface area contributed by atoms with Gasteiger partial charge in [-0.05, 0) is 24.3 Å². The number of phenolic OH excluding ortho intramolecular Hbond substituents is 1. The predicted octanol–water partition coefficient (Wildman–Crippen LogP) is 2.03. The first kappa shape index (κ1) is 11.1. The molecule has 0 saturated carbocycles. The number of aromatic hydroxyl groups is 1. The number of benzene rings is 1. The summed E-state index contributed by atoms with van der Waals surface area (Å²) in [5, 5.41) is 21.1. The molecule has 0 aliphatic heterocycles. The van der Waals surface area contributed by atoms with E-state index in [1.165, 1.54) is 6.07 Å². The van der Waals surface area contributed by atoms with E-state index in [-0.39, 0.29) is 11.4 Å². The molecule has 0 aliphatic rings. The first-order valence-electron chi connectivity index (χ1n) is 5.09. The highest BCUT2D eigenvalue weighted by atomic mass is 16.4. The van der Waals surface area contributed by atoms with E-state index in [0.29, 0.717) is 6.54 Å². The number of nitrogens with one attached hydrogen (secondary N) is 2. The number of aromatic carboxylic acids is 1. The number of anilines is 1. The van der Waals surface area contributed by atoms with Crippen LogP contribution in [0.2, 0.25) is 0 Å². The molecule has 1 aromatic carbocycles. The van der Waals surface area contributed by atoms with Crippen molar-refractivity contribution < 1.29 is 15.0 Å². The summed E-state index contributed by atoms with van der Waals surface area (Å²) < 4.78 is 0. The zero-order valence-corrected chi connectivity index (χ0v) is 8.97. The summed E-state index contributed by atoms with van der Waals surface area (Å²) in [6.07, 6.45) is 0. The molecule has 0 atom stereocenters. The molecule has 0 aliphatic carbocycles. The quantitative estimate of drug-likeness (QED) is 0.649. The summed E-state index contributed by atoms with van der Waals surface area (Å²) in [6, 6.07) is 9.96. The average molecular weight is 232 g/mol. The first-order chi connectivity index (χ1) is 8.15. The van der Waals surface area contributed by atoms with Crippen LogP contribution >= 0.6 is 0 Å². The number of aromatic amines is 1. The van der Waals surface area contributed by atoms with Crippen molar-refractivity contribution in [2.45, 2.75) is 6.54 Å². The van der Waals surface area contributed by atoms with Gasteiger partial charge in [0.1, 0.15) is 11.4 Å². The Kier molecular flexibility index (Phi) is 3.00. The van der Waals surface area contributed by atoms with Crippen LogP contribution in [0.5, 0.6) is 5.75 Å². The Bertz CT molecular complexity index is 534. The van der Waals surface area contributed by atoms with Crippen molar-refractivity contribution in [1.29, 1.82) is 0 Å². The number of rotatable bonds is 4. The molecule has 4 N–H and O–H groups in total. The summed E-state index contributed by atoms with van der Waals surface area (Å²) in [4.78, 5) is 13.4. The van der Waals surface area contributed by atoms with Gasteiger partial charge in [-0.2, -0.15) is 0 Å². The highest BCUT2D eigenvalue weighted by Gasteiger charge is 2.05. The molecular formula is C12H12N2O3. The highest BCUT2D eigenvalue weighted by molar-refractivity contribution is 5.85. The summed E-state index contributed by atoms with van der Waals surface area (Å²) in [6.45, 7) is 0.469. The van der Waals surface area contributed by atoms with Gasteiger partial charge in [0.05, 0.1) is 6.54 Å². The van der Waals surface area contributed by atoms with Crippen molar-refractivity contribution in [3.8, 4) is 5.75 Å². The van der Waals surface area contributed by atoms with E-state index in [0.717, 1.165) is 11.4 Å². The molecule has 5 heteroatoms. The Balaban J connectivity index is 2.00. The number of phenols is 1. The third-order valence-electron chi connectivity index (χ3n) is 2.31. The van der Waals surface area contributed by atoms with Crippen LogP contribution in [0, 0.1) is 0 Å². The van der Waals surface area contributed by atoms with Gasteiger partial charge in [-0.3, -0.25) is 0 Å². The van der Waals surface area contributed by atoms with E-state index in [1.54, 1.807) is 24.3 Å². The van der Waals surface area contributed by atoms with Crippen LogP contribution < -0.4 is 5.32 Å². The SMILES string of the molecule is O=C(O)c1ccc(CNc2cccc(O)c2)[nH]1. The fourth-order valence-electron chi connectivity index (χ4n) is 1.48. The van der Waals surface area contributed by atoms with Gasteiger partial charge in [0.15, 0.2) is 0 Å². The van der Waals surface area contributed by atoms with Crippen molar-refractivity contribution in [2.75, 3.05) is 5.32 Å². The fourth-order valence-corrected chi connectivity index (χ4v) is 1.48. The minimum atomic E-state index is -0.978. The molecule has 0 unspecified atom stereocenters. The van der Waals surface area contributed by atoms with Gasteiger partial charge >= 0.3 is 5.97 Å². The Morgan fingerprint density at radius 1 is 1.29 bits per heavy atom. The molecule has 17 heavy (non-hydrogen) atoms. The normalized spacial score (nSPS) is 10.1. The van der Waals surface area contributed by atoms with Crippen molar-refractivity contribution in [1.82, 2.24) is 4.98 Å². The van der Waals surface area contributed by atoms with Crippen LogP contribution in [-0.4, -0.2) is 21.2 Å². The number of hydrogen-bond donors (Lipinski definition) is 4. The average Bonchev–Trinajstić information content (AvgIpc) is 2.75. The summed E-state index contributed by atoms with van der Waals surface area (Å²) in [5.74, 6) is -0.790. The van der Waals surface area contributed by atoms with Crippen LogP contribution in [0.15, 0.2) is 36.4 Å². The number of hydrogen-bond acceptors (Lipinski definition) is 3. The van der Waals surface area contributed by atoms with Crippen LogP contribution in [0.25, 0.3) is 0 Å². The maximum atomic E-state index is 10.6. The maximum absolute atomic E-state index is 10.6. The van der Waals surface area contributed by atoms with E-state index >= 15 is 0 Å². The predicted molar refractivity (Wildman–Crippen MR) is 63.2 cm³/mol. The molecule has 0 radical (unpaired) electrons. The van der Waals surface area contributed by atoms with Gasteiger partial charge < -0.3 is 20.5 Å². The molecule has 0 spiro atoms. The van der Waals surface area contributed by atoms with Crippen molar-refractivity contribution in [3.05, 3.63) is 47.8 Å². The molecule has 1 aromatic heterocycles. The lowest BCUT2D eigenvalue weighted by molar-refractivity contribution is 0.0691. The molecule has 1 heterocycles. The van der Waals surface area contributed by atoms with Gasteiger partial charge in [-0.25, -0.2) is 4.79 Å². The van der Waals surface area contributed by atoms with Crippen molar-refractivity contribution in [2.24, 2.45) is 0 Å². The Hall–Kier alpha value is -2.43. The van der Waals surface area contributed by atoms with Gasteiger partial charge in [0, 0.05) is 17.4 Å². The Labute approximate surface area is 97.7 Å². The third kappa shape index (κ3) is 2.78. The minimum Gasteiger partial charge on any atom is -0.508 e. The van der Waals surface area contributed by atoms with Gasteiger partial charge in [-0.15, -0.1) is 0 Å². The van der Waals surface area contributed by atoms with Crippen LogP contribution in [-0.2, 0) is 6.54 Å². The Morgan fingerprint density at radius 3 is 2.76 bits per heavy atom. The topological polar surface area (TPSA) is 85.3 Å². The molecule has 5 nitrogen and oxygen atoms in total. The van der Waals surface area contributed by atoms with Crippen LogP contribution in [0.1, 0.15) is 16.2 Å². The highest BCUT2D eigenvalue weighted by Crippen LogP contribution is 2.16. The molecule has 2 rings (SSSR count). The molecular weight excluding hydrogens is 220 g/mol.